The van der Waals surface area contributed by atoms with Crippen LogP contribution >= 0.6 is 0 Å². The highest BCUT2D eigenvalue weighted by Gasteiger charge is 2.24. The number of nitrogens with zero attached hydrogens (tertiary/aromatic N) is 5. The summed E-state index contributed by atoms with van der Waals surface area (Å²) in [7, 11) is 1.82. The molecule has 1 aromatic carbocycles. The molecule has 0 atom stereocenters. The smallest absolute Gasteiger partial charge is 0.308 e. The molecule has 0 bridgehead atoms. The second-order valence-electron chi connectivity index (χ2n) is 5.74. The number of carbonyl (C=O) groups is 1. The fourth-order valence-electron chi connectivity index (χ4n) is 2.87. The lowest BCUT2D eigenvalue weighted by molar-refractivity contribution is 0.256. The maximum Gasteiger partial charge on any atom is 0.326 e. The molecule has 2 amide bonds. The lowest BCUT2D eigenvalue weighted by atomic mass is 10.1. The van der Waals surface area contributed by atoms with Gasteiger partial charge in [0.1, 0.15) is 6.33 Å². The third kappa shape index (κ3) is 2.62. The van der Waals surface area contributed by atoms with Crippen molar-refractivity contribution in [1.82, 2.24) is 25.0 Å². The van der Waals surface area contributed by atoms with E-state index >= 15 is 0 Å². The Morgan fingerprint density at radius 2 is 2.29 bits per heavy atom. The maximum absolute atomic E-state index is 12.6. The highest BCUT2D eigenvalue weighted by atomic mass is 16.2. The van der Waals surface area contributed by atoms with Gasteiger partial charge in [0.2, 0.25) is 0 Å². The van der Waals surface area contributed by atoms with E-state index in [9.17, 15) is 4.79 Å². The number of aromatic nitrogens is 5. The van der Waals surface area contributed by atoms with Crippen LogP contribution in [0.1, 0.15) is 12.1 Å². The van der Waals surface area contributed by atoms with E-state index in [0.717, 1.165) is 29.8 Å². The molecule has 1 aliphatic heterocycles. The maximum atomic E-state index is 12.6. The summed E-state index contributed by atoms with van der Waals surface area (Å²) in [6.45, 7) is 0.680. The van der Waals surface area contributed by atoms with Gasteiger partial charge in [-0.1, -0.05) is 12.1 Å². The summed E-state index contributed by atoms with van der Waals surface area (Å²) in [6, 6.07) is 7.35. The van der Waals surface area contributed by atoms with E-state index < -0.39 is 0 Å². The SMILES string of the molecule is Cn1cnc(-c2cccc(NC(=O)N3CCCc4[nH]ncc43)c2)n1. The van der Waals surface area contributed by atoms with Crippen LogP contribution in [0.2, 0.25) is 0 Å². The van der Waals surface area contributed by atoms with E-state index in [1.807, 2.05) is 31.3 Å². The Labute approximate surface area is 138 Å². The molecule has 3 aromatic rings. The molecular weight excluding hydrogens is 306 g/mol. The molecule has 0 unspecified atom stereocenters. The number of anilines is 2. The summed E-state index contributed by atoms with van der Waals surface area (Å²) in [5.41, 5.74) is 3.42. The van der Waals surface area contributed by atoms with E-state index in [-0.39, 0.29) is 6.03 Å². The third-order valence-corrected chi connectivity index (χ3v) is 4.01. The first-order valence-corrected chi connectivity index (χ1v) is 7.77. The minimum absolute atomic E-state index is 0.163. The van der Waals surface area contributed by atoms with Gasteiger partial charge in [0.15, 0.2) is 5.82 Å². The molecule has 0 radical (unpaired) electrons. The van der Waals surface area contributed by atoms with Gasteiger partial charge in [0.25, 0.3) is 0 Å². The van der Waals surface area contributed by atoms with Gasteiger partial charge >= 0.3 is 6.03 Å². The zero-order valence-electron chi connectivity index (χ0n) is 13.2. The Kier molecular flexibility index (Phi) is 3.49. The van der Waals surface area contributed by atoms with Crippen LogP contribution in [-0.4, -0.2) is 37.5 Å². The Hall–Kier alpha value is -3.16. The van der Waals surface area contributed by atoms with Crippen molar-refractivity contribution in [3.05, 3.63) is 42.5 Å². The van der Waals surface area contributed by atoms with Gasteiger partial charge in [-0.05, 0) is 25.0 Å². The number of aryl methyl sites for hydroxylation is 2. The number of hydrogen-bond acceptors (Lipinski definition) is 4. The quantitative estimate of drug-likeness (QED) is 0.756. The first-order valence-electron chi connectivity index (χ1n) is 7.77. The van der Waals surface area contributed by atoms with Crippen molar-refractivity contribution in [2.45, 2.75) is 12.8 Å². The second-order valence-corrected chi connectivity index (χ2v) is 5.74. The summed E-state index contributed by atoms with van der Waals surface area (Å²) in [6.07, 6.45) is 5.18. The fourth-order valence-corrected chi connectivity index (χ4v) is 2.87. The van der Waals surface area contributed by atoms with Crippen LogP contribution in [-0.2, 0) is 13.5 Å². The number of benzene rings is 1. The van der Waals surface area contributed by atoms with Crippen molar-refractivity contribution in [3.63, 3.8) is 0 Å². The van der Waals surface area contributed by atoms with Crippen molar-refractivity contribution < 1.29 is 4.79 Å². The number of rotatable bonds is 2. The van der Waals surface area contributed by atoms with Crippen molar-refractivity contribution in [2.75, 3.05) is 16.8 Å². The third-order valence-electron chi connectivity index (χ3n) is 4.01. The number of urea groups is 1. The summed E-state index contributed by atoms with van der Waals surface area (Å²) >= 11 is 0. The highest BCUT2D eigenvalue weighted by Crippen LogP contribution is 2.26. The van der Waals surface area contributed by atoms with Gasteiger partial charge in [-0.2, -0.15) is 10.2 Å². The Morgan fingerprint density at radius 1 is 1.38 bits per heavy atom. The minimum Gasteiger partial charge on any atom is -0.308 e. The van der Waals surface area contributed by atoms with Crippen LogP contribution < -0.4 is 10.2 Å². The summed E-state index contributed by atoms with van der Waals surface area (Å²) in [5, 5.41) is 14.2. The number of hydrogen-bond donors (Lipinski definition) is 2. The first-order chi connectivity index (χ1) is 11.7. The highest BCUT2D eigenvalue weighted by molar-refractivity contribution is 6.02. The Balaban J connectivity index is 1.55. The van der Waals surface area contributed by atoms with Gasteiger partial charge < -0.3 is 5.32 Å². The number of amides is 2. The van der Waals surface area contributed by atoms with Crippen LogP contribution in [0.5, 0.6) is 0 Å². The largest absolute Gasteiger partial charge is 0.326 e. The van der Waals surface area contributed by atoms with E-state index in [4.69, 9.17) is 0 Å². The van der Waals surface area contributed by atoms with Gasteiger partial charge in [-0.3, -0.25) is 14.7 Å². The molecule has 122 valence electrons. The van der Waals surface area contributed by atoms with Gasteiger partial charge in [0, 0.05) is 24.8 Å². The average Bonchev–Trinajstić information content (AvgIpc) is 3.23. The van der Waals surface area contributed by atoms with Crippen molar-refractivity contribution in [1.29, 1.82) is 0 Å². The number of H-pyrrole nitrogens is 1. The van der Waals surface area contributed by atoms with Crippen LogP contribution in [0, 0.1) is 0 Å². The minimum atomic E-state index is -0.163. The average molecular weight is 323 g/mol. The predicted octanol–water partition coefficient (Wildman–Crippen LogP) is 2.19. The molecule has 24 heavy (non-hydrogen) atoms. The van der Waals surface area contributed by atoms with E-state index in [0.29, 0.717) is 18.1 Å². The van der Waals surface area contributed by atoms with Gasteiger partial charge in [0.05, 0.1) is 17.6 Å². The van der Waals surface area contributed by atoms with Crippen molar-refractivity contribution >= 4 is 17.4 Å². The van der Waals surface area contributed by atoms with Crippen molar-refractivity contribution in [2.24, 2.45) is 7.05 Å². The number of fused-ring (bicyclic) bond motifs is 1. The molecule has 8 nitrogen and oxygen atoms in total. The van der Waals surface area contributed by atoms with Gasteiger partial charge in [-0.15, -0.1) is 0 Å². The molecular formula is C16H17N7O. The molecule has 8 heteroatoms. The zero-order chi connectivity index (χ0) is 16.5. The topological polar surface area (TPSA) is 91.7 Å². The molecule has 4 rings (SSSR count). The summed E-state index contributed by atoms with van der Waals surface area (Å²) in [5.74, 6) is 0.628. The number of aromatic amines is 1. The van der Waals surface area contributed by atoms with Crippen LogP contribution in [0.4, 0.5) is 16.2 Å². The lowest BCUT2D eigenvalue weighted by Crippen LogP contribution is -2.38. The van der Waals surface area contributed by atoms with E-state index in [1.165, 1.54) is 0 Å². The Morgan fingerprint density at radius 3 is 3.12 bits per heavy atom. The molecule has 0 saturated heterocycles. The van der Waals surface area contributed by atoms with Crippen LogP contribution in [0.3, 0.4) is 0 Å². The van der Waals surface area contributed by atoms with Crippen LogP contribution in [0.25, 0.3) is 11.4 Å². The molecule has 0 saturated carbocycles. The molecule has 1 aliphatic rings. The monoisotopic (exact) mass is 323 g/mol. The van der Waals surface area contributed by atoms with E-state index in [2.05, 4.69) is 25.6 Å². The fraction of sp³-hybridized carbons (Fsp3) is 0.250. The molecule has 0 fully saturated rings. The van der Waals surface area contributed by atoms with Gasteiger partial charge in [-0.25, -0.2) is 9.78 Å². The number of carbonyl (C=O) groups excluding carboxylic acids is 1. The molecule has 3 heterocycles. The molecule has 0 spiro atoms. The molecule has 2 N–H and O–H groups in total. The summed E-state index contributed by atoms with van der Waals surface area (Å²) < 4.78 is 1.65. The second kappa shape index (κ2) is 5.80. The number of nitrogens with one attached hydrogen (secondary N) is 2. The normalized spacial score (nSPS) is 13.6. The van der Waals surface area contributed by atoms with Crippen molar-refractivity contribution in [3.8, 4) is 11.4 Å². The standard InChI is InChI=1S/C16H17N7O/c1-22-10-17-15(21-22)11-4-2-5-12(8-11)19-16(24)23-7-3-6-13-14(23)9-18-20-13/h2,4-5,8-10H,3,6-7H2,1H3,(H,18,20)(H,19,24). The Bertz CT molecular complexity index is 882. The van der Waals surface area contributed by atoms with E-state index in [1.54, 1.807) is 22.1 Å². The predicted molar refractivity (Wildman–Crippen MR) is 89.7 cm³/mol. The zero-order valence-corrected chi connectivity index (χ0v) is 13.2. The van der Waals surface area contributed by atoms with Crippen LogP contribution in [0.15, 0.2) is 36.8 Å². The molecule has 2 aromatic heterocycles. The molecule has 0 aliphatic carbocycles. The first kappa shape index (κ1) is 14.4. The summed E-state index contributed by atoms with van der Waals surface area (Å²) in [4.78, 5) is 18.6. The lowest BCUT2D eigenvalue weighted by Gasteiger charge is -2.26.